The summed E-state index contributed by atoms with van der Waals surface area (Å²) >= 11 is 0. The molecule has 0 aromatic carbocycles. The van der Waals surface area contributed by atoms with Crippen molar-refractivity contribution < 1.29 is 9.90 Å². The van der Waals surface area contributed by atoms with Gasteiger partial charge in [-0.25, -0.2) is 4.79 Å². The lowest BCUT2D eigenvalue weighted by Gasteiger charge is -2.18. The number of amides is 2. The highest BCUT2D eigenvalue weighted by Crippen LogP contribution is 1.94. The lowest BCUT2D eigenvalue weighted by atomic mass is 10.3. The van der Waals surface area contributed by atoms with E-state index in [1.54, 1.807) is 0 Å². The van der Waals surface area contributed by atoms with Gasteiger partial charge in [-0.05, 0) is 0 Å². The number of aliphatic hydroxyl groups is 1. The minimum absolute atomic E-state index is 0.336. The molecule has 1 atom stereocenters. The second kappa shape index (κ2) is 3.54. The molecule has 64 valence electrons. The molecule has 1 unspecified atom stereocenters. The maximum atomic E-state index is 10.7. The van der Waals surface area contributed by atoms with E-state index >= 15 is 0 Å². The molecule has 1 saturated heterocycles. The Hall–Kier alpha value is -0.810. The number of carbonyl (C=O) groups is 1. The van der Waals surface area contributed by atoms with E-state index in [1.807, 2.05) is 0 Å². The number of primary amides is 1. The molecule has 1 aliphatic heterocycles. The number of hydrogen-bond acceptors (Lipinski definition) is 3. The Morgan fingerprint density at radius 1 is 1.73 bits per heavy atom. The van der Waals surface area contributed by atoms with E-state index in [1.165, 1.54) is 4.90 Å². The molecule has 5 heteroatoms. The first-order valence-corrected chi connectivity index (χ1v) is 3.63. The molecule has 0 aromatic heterocycles. The zero-order chi connectivity index (χ0) is 8.27. The van der Waals surface area contributed by atoms with Crippen LogP contribution in [0.15, 0.2) is 0 Å². The van der Waals surface area contributed by atoms with E-state index in [9.17, 15) is 9.90 Å². The quantitative estimate of drug-likeness (QED) is 0.395. The molecule has 2 amide bonds. The van der Waals surface area contributed by atoms with Gasteiger partial charge >= 0.3 is 6.03 Å². The van der Waals surface area contributed by atoms with E-state index in [2.05, 4.69) is 5.32 Å². The maximum Gasteiger partial charge on any atom is 0.314 e. The summed E-state index contributed by atoms with van der Waals surface area (Å²) in [4.78, 5) is 12.1. The molecule has 0 saturated carbocycles. The van der Waals surface area contributed by atoms with Crippen LogP contribution >= 0.6 is 0 Å². The monoisotopic (exact) mass is 159 g/mol. The average Bonchev–Trinajstić information content (AvgIpc) is 2.13. The zero-order valence-corrected chi connectivity index (χ0v) is 6.29. The Bertz CT molecular complexity index is 151. The number of urea groups is 1. The lowest BCUT2D eigenvalue weighted by Crippen LogP contribution is -2.41. The Kier molecular flexibility index (Phi) is 2.67. The number of aliphatic hydroxyl groups excluding tert-OH is 1. The minimum atomic E-state index is -0.495. The molecule has 11 heavy (non-hydrogen) atoms. The second-order valence-electron chi connectivity index (χ2n) is 2.64. The number of nitrogens with one attached hydrogen (secondary N) is 1. The minimum Gasteiger partial charge on any atom is -0.390 e. The Morgan fingerprint density at radius 2 is 2.45 bits per heavy atom. The number of hydrogen-bond donors (Lipinski definition) is 3. The Labute approximate surface area is 65.2 Å². The van der Waals surface area contributed by atoms with E-state index in [0.29, 0.717) is 26.2 Å². The van der Waals surface area contributed by atoms with Gasteiger partial charge in [0.25, 0.3) is 0 Å². The number of β-amino-alcohol motifs (C(OH)–C–C–N with tert-alkyl or cyclic N) is 1. The van der Waals surface area contributed by atoms with Crippen molar-refractivity contribution in [1.82, 2.24) is 10.2 Å². The van der Waals surface area contributed by atoms with Crippen LogP contribution in [0.4, 0.5) is 4.79 Å². The third-order valence-electron chi connectivity index (χ3n) is 1.68. The van der Waals surface area contributed by atoms with Crippen molar-refractivity contribution in [3.63, 3.8) is 0 Å². The molecular formula is C6H13N3O2. The summed E-state index contributed by atoms with van der Waals surface area (Å²) in [6, 6.07) is -0.465. The van der Waals surface area contributed by atoms with E-state index < -0.39 is 12.1 Å². The van der Waals surface area contributed by atoms with Gasteiger partial charge in [-0.3, -0.25) is 0 Å². The largest absolute Gasteiger partial charge is 0.390 e. The molecule has 1 fully saturated rings. The lowest BCUT2D eigenvalue weighted by molar-refractivity contribution is 0.138. The normalized spacial score (nSPS) is 26.3. The molecule has 0 aromatic rings. The van der Waals surface area contributed by atoms with Gasteiger partial charge in [0.15, 0.2) is 0 Å². The fraction of sp³-hybridized carbons (Fsp3) is 0.833. The van der Waals surface area contributed by atoms with Crippen LogP contribution in [-0.2, 0) is 0 Å². The predicted octanol–water partition coefficient (Wildman–Crippen LogP) is -1.67. The smallest absolute Gasteiger partial charge is 0.314 e. The molecule has 5 nitrogen and oxygen atoms in total. The third kappa shape index (κ3) is 2.36. The van der Waals surface area contributed by atoms with Gasteiger partial charge in [0.1, 0.15) is 0 Å². The molecule has 1 aliphatic rings. The van der Waals surface area contributed by atoms with Gasteiger partial charge in [0.05, 0.1) is 6.10 Å². The van der Waals surface area contributed by atoms with Crippen LogP contribution in [0, 0.1) is 0 Å². The molecular weight excluding hydrogens is 146 g/mol. The summed E-state index contributed by atoms with van der Waals surface area (Å²) in [5.41, 5.74) is 5.05. The highest BCUT2D eigenvalue weighted by molar-refractivity contribution is 5.72. The first kappa shape index (κ1) is 8.29. The van der Waals surface area contributed by atoms with Crippen molar-refractivity contribution in [3.8, 4) is 0 Å². The van der Waals surface area contributed by atoms with Crippen LogP contribution in [0.3, 0.4) is 0 Å². The van der Waals surface area contributed by atoms with Crippen molar-refractivity contribution in [2.24, 2.45) is 5.73 Å². The van der Waals surface area contributed by atoms with E-state index in [4.69, 9.17) is 5.73 Å². The summed E-state index contributed by atoms with van der Waals surface area (Å²) in [6.07, 6.45) is -0.495. The first-order valence-electron chi connectivity index (χ1n) is 3.63. The summed E-state index contributed by atoms with van der Waals surface area (Å²) in [5.74, 6) is 0. The Balaban J connectivity index is 2.45. The molecule has 1 heterocycles. The van der Waals surface area contributed by atoms with Gasteiger partial charge in [0.2, 0.25) is 0 Å². The molecule has 0 radical (unpaired) electrons. The number of nitrogens with zero attached hydrogens (tertiary/aromatic N) is 1. The average molecular weight is 159 g/mol. The fourth-order valence-corrected chi connectivity index (χ4v) is 1.09. The number of rotatable bonds is 0. The SMILES string of the molecule is NC(=O)N1CCNCC(O)C1. The first-order chi connectivity index (χ1) is 5.20. The van der Waals surface area contributed by atoms with Gasteiger partial charge in [-0.15, -0.1) is 0 Å². The standard InChI is InChI=1S/C6H13N3O2/c7-6(11)9-2-1-8-3-5(10)4-9/h5,8,10H,1-4H2,(H2,7,11). The van der Waals surface area contributed by atoms with Gasteiger partial charge in [-0.2, -0.15) is 0 Å². The topological polar surface area (TPSA) is 78.6 Å². The summed E-state index contributed by atoms with van der Waals surface area (Å²) < 4.78 is 0. The summed E-state index contributed by atoms with van der Waals surface area (Å²) in [5, 5.41) is 12.2. The van der Waals surface area contributed by atoms with Crippen molar-refractivity contribution in [3.05, 3.63) is 0 Å². The Morgan fingerprint density at radius 3 is 3.09 bits per heavy atom. The van der Waals surface area contributed by atoms with E-state index in [0.717, 1.165) is 0 Å². The van der Waals surface area contributed by atoms with Crippen molar-refractivity contribution >= 4 is 6.03 Å². The third-order valence-corrected chi connectivity index (χ3v) is 1.68. The maximum absolute atomic E-state index is 10.7. The van der Waals surface area contributed by atoms with Crippen LogP contribution < -0.4 is 11.1 Å². The van der Waals surface area contributed by atoms with Crippen LogP contribution in [0.5, 0.6) is 0 Å². The number of nitrogens with two attached hydrogens (primary N) is 1. The molecule has 0 bridgehead atoms. The van der Waals surface area contributed by atoms with Crippen molar-refractivity contribution in [2.75, 3.05) is 26.2 Å². The van der Waals surface area contributed by atoms with Crippen LogP contribution in [0.1, 0.15) is 0 Å². The molecule has 0 aliphatic carbocycles. The second-order valence-corrected chi connectivity index (χ2v) is 2.64. The predicted molar refractivity (Wildman–Crippen MR) is 40.0 cm³/mol. The zero-order valence-electron chi connectivity index (χ0n) is 6.29. The highest BCUT2D eigenvalue weighted by Gasteiger charge is 2.17. The van der Waals surface area contributed by atoms with Gasteiger partial charge in [0, 0.05) is 26.2 Å². The van der Waals surface area contributed by atoms with Crippen LogP contribution in [0.25, 0.3) is 0 Å². The molecule has 0 spiro atoms. The highest BCUT2D eigenvalue weighted by atomic mass is 16.3. The molecule has 4 N–H and O–H groups in total. The van der Waals surface area contributed by atoms with Crippen molar-refractivity contribution in [1.29, 1.82) is 0 Å². The molecule has 1 rings (SSSR count). The van der Waals surface area contributed by atoms with E-state index in [-0.39, 0.29) is 0 Å². The van der Waals surface area contributed by atoms with Crippen LogP contribution in [-0.4, -0.2) is 48.3 Å². The summed E-state index contributed by atoms with van der Waals surface area (Å²) in [7, 11) is 0. The summed E-state index contributed by atoms with van der Waals surface area (Å²) in [6.45, 7) is 2.14. The van der Waals surface area contributed by atoms with Gasteiger partial charge < -0.3 is 21.1 Å². The van der Waals surface area contributed by atoms with Crippen LogP contribution in [0.2, 0.25) is 0 Å². The van der Waals surface area contributed by atoms with Gasteiger partial charge in [-0.1, -0.05) is 0 Å². The van der Waals surface area contributed by atoms with Crippen molar-refractivity contribution in [2.45, 2.75) is 6.10 Å². The number of carbonyl (C=O) groups excluding carboxylic acids is 1. The fourth-order valence-electron chi connectivity index (χ4n) is 1.09.